The van der Waals surface area contributed by atoms with E-state index in [0.717, 1.165) is 16.8 Å². The first kappa shape index (κ1) is 9.02. The van der Waals surface area contributed by atoms with Crippen molar-refractivity contribution in [3.63, 3.8) is 0 Å². The Morgan fingerprint density at radius 1 is 1.50 bits per heavy atom. The smallest absolute Gasteiger partial charge is 0.192 e. The molecule has 0 bridgehead atoms. The molecular formula is C10H12N2O2. The molecule has 0 unspecified atom stereocenters. The van der Waals surface area contributed by atoms with Gasteiger partial charge in [-0.15, -0.1) is 0 Å². The van der Waals surface area contributed by atoms with Gasteiger partial charge in [-0.3, -0.25) is 0 Å². The fourth-order valence-electron chi connectivity index (χ4n) is 1.35. The maximum Gasteiger partial charge on any atom is 0.192 e. The van der Waals surface area contributed by atoms with Gasteiger partial charge in [0.2, 0.25) is 0 Å². The molecule has 1 heterocycles. The van der Waals surface area contributed by atoms with Gasteiger partial charge in [0.25, 0.3) is 0 Å². The van der Waals surface area contributed by atoms with Crippen molar-refractivity contribution in [2.24, 2.45) is 0 Å². The van der Waals surface area contributed by atoms with Gasteiger partial charge in [-0.1, -0.05) is 0 Å². The molecule has 0 saturated heterocycles. The summed E-state index contributed by atoms with van der Waals surface area (Å²) < 4.78 is 5.38. The number of oxazole rings is 1. The Hall–Kier alpha value is -1.55. The summed E-state index contributed by atoms with van der Waals surface area (Å²) >= 11 is 0. The number of aliphatic hydroxyl groups is 1. The van der Waals surface area contributed by atoms with Crippen LogP contribution in [0.15, 0.2) is 22.6 Å². The molecule has 4 nitrogen and oxygen atoms in total. The van der Waals surface area contributed by atoms with Gasteiger partial charge in [-0.2, -0.15) is 0 Å². The van der Waals surface area contributed by atoms with E-state index >= 15 is 0 Å². The molecule has 0 aliphatic carbocycles. The number of fused-ring (bicyclic) bond motifs is 1. The van der Waals surface area contributed by atoms with Crippen molar-refractivity contribution in [2.75, 3.05) is 18.7 Å². The van der Waals surface area contributed by atoms with Crippen molar-refractivity contribution in [3.05, 3.63) is 24.1 Å². The molecule has 0 aliphatic rings. The summed E-state index contributed by atoms with van der Waals surface area (Å²) in [7, 11) is 1.81. The minimum Gasteiger partial charge on any atom is -0.441 e. The molecule has 74 valence electrons. The SMILES string of the molecule is Cc1nc2ccc(N(C)CO)cc2o1. The first-order chi connectivity index (χ1) is 6.70. The zero-order valence-corrected chi connectivity index (χ0v) is 8.19. The van der Waals surface area contributed by atoms with Crippen LogP contribution in [0.2, 0.25) is 0 Å². The van der Waals surface area contributed by atoms with Gasteiger partial charge in [0.05, 0.1) is 0 Å². The third-order valence-electron chi connectivity index (χ3n) is 2.13. The van der Waals surface area contributed by atoms with Crippen molar-refractivity contribution in [3.8, 4) is 0 Å². The van der Waals surface area contributed by atoms with Gasteiger partial charge < -0.3 is 14.4 Å². The zero-order valence-electron chi connectivity index (χ0n) is 8.19. The van der Waals surface area contributed by atoms with Crippen LogP contribution in [0.1, 0.15) is 5.89 Å². The van der Waals surface area contributed by atoms with Crippen molar-refractivity contribution < 1.29 is 9.52 Å². The fourth-order valence-corrected chi connectivity index (χ4v) is 1.35. The lowest BCUT2D eigenvalue weighted by atomic mass is 10.3. The molecule has 2 aromatic rings. The molecule has 0 atom stereocenters. The first-order valence-electron chi connectivity index (χ1n) is 4.40. The molecule has 14 heavy (non-hydrogen) atoms. The number of rotatable bonds is 2. The normalized spacial score (nSPS) is 10.8. The molecule has 4 heteroatoms. The fraction of sp³-hybridized carbons (Fsp3) is 0.300. The number of anilines is 1. The maximum atomic E-state index is 8.95. The van der Waals surface area contributed by atoms with E-state index in [1.54, 1.807) is 4.90 Å². The van der Waals surface area contributed by atoms with Crippen LogP contribution >= 0.6 is 0 Å². The van der Waals surface area contributed by atoms with Crippen LogP contribution in [-0.2, 0) is 0 Å². The third kappa shape index (κ3) is 1.44. The monoisotopic (exact) mass is 192 g/mol. The highest BCUT2D eigenvalue weighted by Gasteiger charge is 2.05. The molecule has 1 aromatic carbocycles. The lowest BCUT2D eigenvalue weighted by Gasteiger charge is -2.14. The Balaban J connectivity index is 2.50. The number of hydrogen-bond acceptors (Lipinski definition) is 4. The quantitative estimate of drug-likeness (QED) is 0.733. The van der Waals surface area contributed by atoms with Gasteiger partial charge in [-0.05, 0) is 12.1 Å². The number of aromatic nitrogens is 1. The number of aryl methyl sites for hydroxylation is 1. The average Bonchev–Trinajstić information content (AvgIpc) is 2.55. The maximum absolute atomic E-state index is 8.95. The van der Waals surface area contributed by atoms with Gasteiger partial charge in [-0.25, -0.2) is 4.98 Å². The summed E-state index contributed by atoms with van der Waals surface area (Å²) in [6.45, 7) is 1.80. The van der Waals surface area contributed by atoms with Crippen LogP contribution in [0.25, 0.3) is 11.1 Å². The number of hydrogen-bond donors (Lipinski definition) is 1. The second-order valence-corrected chi connectivity index (χ2v) is 3.22. The molecule has 2 rings (SSSR count). The summed E-state index contributed by atoms with van der Waals surface area (Å²) in [4.78, 5) is 5.91. The van der Waals surface area contributed by atoms with Crippen molar-refractivity contribution in [1.29, 1.82) is 0 Å². The third-order valence-corrected chi connectivity index (χ3v) is 2.13. The van der Waals surface area contributed by atoms with Crippen LogP contribution in [0, 0.1) is 6.92 Å². The number of aliphatic hydroxyl groups excluding tert-OH is 1. The van der Waals surface area contributed by atoms with Crippen LogP contribution in [0.5, 0.6) is 0 Å². The Morgan fingerprint density at radius 3 is 3.00 bits per heavy atom. The summed E-state index contributed by atoms with van der Waals surface area (Å²) in [5.74, 6) is 0.656. The summed E-state index contributed by atoms with van der Waals surface area (Å²) in [5, 5.41) is 8.95. The summed E-state index contributed by atoms with van der Waals surface area (Å²) in [6, 6.07) is 5.65. The Morgan fingerprint density at radius 2 is 2.29 bits per heavy atom. The summed E-state index contributed by atoms with van der Waals surface area (Å²) in [5.41, 5.74) is 2.51. The molecule has 0 spiro atoms. The van der Waals surface area contributed by atoms with E-state index in [-0.39, 0.29) is 6.73 Å². The van der Waals surface area contributed by atoms with Crippen molar-refractivity contribution >= 4 is 16.8 Å². The van der Waals surface area contributed by atoms with Crippen LogP contribution in [0.3, 0.4) is 0 Å². The van der Waals surface area contributed by atoms with E-state index in [0.29, 0.717) is 5.89 Å². The van der Waals surface area contributed by atoms with E-state index < -0.39 is 0 Å². The molecule has 1 N–H and O–H groups in total. The minimum absolute atomic E-state index is 0.0153. The predicted octanol–water partition coefficient (Wildman–Crippen LogP) is 1.52. The first-order valence-corrected chi connectivity index (χ1v) is 4.40. The largest absolute Gasteiger partial charge is 0.441 e. The molecule has 1 aromatic heterocycles. The second-order valence-electron chi connectivity index (χ2n) is 3.22. The van der Waals surface area contributed by atoms with E-state index in [2.05, 4.69) is 4.98 Å². The van der Waals surface area contributed by atoms with E-state index in [1.807, 2.05) is 32.2 Å². The zero-order chi connectivity index (χ0) is 10.1. The number of nitrogens with zero attached hydrogens (tertiary/aromatic N) is 2. The van der Waals surface area contributed by atoms with Gasteiger partial charge in [0.1, 0.15) is 12.2 Å². The number of benzene rings is 1. The van der Waals surface area contributed by atoms with Crippen LogP contribution in [0.4, 0.5) is 5.69 Å². The molecule has 0 radical (unpaired) electrons. The molecule has 0 aliphatic heterocycles. The van der Waals surface area contributed by atoms with E-state index in [4.69, 9.17) is 9.52 Å². The Kier molecular flexibility index (Phi) is 2.13. The molecular weight excluding hydrogens is 180 g/mol. The van der Waals surface area contributed by atoms with Crippen LogP contribution < -0.4 is 4.90 Å². The van der Waals surface area contributed by atoms with Gasteiger partial charge in [0, 0.05) is 25.7 Å². The Labute approximate surface area is 81.8 Å². The van der Waals surface area contributed by atoms with Gasteiger partial charge >= 0.3 is 0 Å². The van der Waals surface area contributed by atoms with Gasteiger partial charge in [0.15, 0.2) is 11.5 Å². The van der Waals surface area contributed by atoms with Crippen molar-refractivity contribution in [2.45, 2.75) is 6.92 Å². The molecule has 0 saturated carbocycles. The second kappa shape index (κ2) is 3.31. The molecule has 0 amide bonds. The highest BCUT2D eigenvalue weighted by molar-refractivity contribution is 5.77. The van der Waals surface area contributed by atoms with E-state index in [9.17, 15) is 0 Å². The average molecular weight is 192 g/mol. The summed E-state index contributed by atoms with van der Waals surface area (Å²) in [6.07, 6.45) is 0. The Bertz CT molecular complexity index is 450. The highest BCUT2D eigenvalue weighted by Crippen LogP contribution is 2.21. The minimum atomic E-state index is -0.0153. The lowest BCUT2D eigenvalue weighted by Crippen LogP contribution is -2.17. The predicted molar refractivity (Wildman–Crippen MR) is 54.2 cm³/mol. The van der Waals surface area contributed by atoms with Crippen molar-refractivity contribution in [1.82, 2.24) is 4.98 Å². The highest BCUT2D eigenvalue weighted by atomic mass is 16.3. The van der Waals surface area contributed by atoms with E-state index in [1.165, 1.54) is 0 Å². The standard InChI is InChI=1S/C10H12N2O2/c1-7-11-9-4-3-8(12(2)6-13)5-10(9)14-7/h3-5,13H,6H2,1-2H3. The lowest BCUT2D eigenvalue weighted by molar-refractivity contribution is 0.298. The van der Waals surface area contributed by atoms with Crippen LogP contribution in [-0.4, -0.2) is 23.9 Å². The molecule has 0 fully saturated rings. The topological polar surface area (TPSA) is 49.5 Å².